The van der Waals surface area contributed by atoms with Crippen LogP contribution in [0.3, 0.4) is 0 Å². The van der Waals surface area contributed by atoms with Gasteiger partial charge in [0.2, 0.25) is 11.8 Å². The van der Waals surface area contributed by atoms with Crippen LogP contribution in [0.2, 0.25) is 0 Å². The van der Waals surface area contributed by atoms with Crippen molar-refractivity contribution in [1.29, 1.82) is 0 Å². The lowest BCUT2D eigenvalue weighted by Gasteiger charge is -2.13. The lowest BCUT2D eigenvalue weighted by Crippen LogP contribution is -2.19. The zero-order valence-electron chi connectivity index (χ0n) is 11.8. The zero-order chi connectivity index (χ0) is 14.2. The fourth-order valence-corrected chi connectivity index (χ4v) is 2.00. The first-order valence-corrected chi connectivity index (χ1v) is 6.97. The van der Waals surface area contributed by atoms with Crippen LogP contribution in [0.15, 0.2) is 34.7 Å². The third-order valence-electron chi connectivity index (χ3n) is 3.09. The summed E-state index contributed by atoms with van der Waals surface area (Å²) < 4.78 is 5.66. The van der Waals surface area contributed by atoms with Gasteiger partial charge in [0, 0.05) is 12.2 Å². The molecule has 0 aliphatic heterocycles. The Morgan fingerprint density at radius 3 is 2.65 bits per heavy atom. The van der Waals surface area contributed by atoms with E-state index in [0.29, 0.717) is 18.3 Å². The highest BCUT2D eigenvalue weighted by Crippen LogP contribution is 2.17. The molecule has 0 amide bonds. The molecule has 0 bridgehead atoms. The van der Waals surface area contributed by atoms with Crippen molar-refractivity contribution in [2.24, 2.45) is 0 Å². The van der Waals surface area contributed by atoms with E-state index in [-0.39, 0.29) is 6.61 Å². The number of nitrogens with zero attached hydrogens (tertiary/aromatic N) is 3. The van der Waals surface area contributed by atoms with Gasteiger partial charge in [-0.05, 0) is 45.0 Å². The highest BCUT2D eigenvalue weighted by molar-refractivity contribution is 5.51. The molecule has 0 fully saturated rings. The van der Waals surface area contributed by atoms with E-state index in [1.807, 2.05) is 37.4 Å². The van der Waals surface area contributed by atoms with E-state index in [2.05, 4.69) is 15.1 Å². The third kappa shape index (κ3) is 4.43. The summed E-state index contributed by atoms with van der Waals surface area (Å²) in [4.78, 5) is 2.15. The third-order valence-corrected chi connectivity index (χ3v) is 3.09. The molecule has 1 aromatic heterocycles. The van der Waals surface area contributed by atoms with Crippen molar-refractivity contribution in [2.45, 2.75) is 25.8 Å². The molecule has 0 aliphatic rings. The molecule has 0 aliphatic carbocycles. The largest absolute Gasteiger partial charge is 0.419 e. The first kappa shape index (κ1) is 14.7. The summed E-state index contributed by atoms with van der Waals surface area (Å²) in [7, 11) is 2.03. The summed E-state index contributed by atoms with van der Waals surface area (Å²) in [6.45, 7) is 1.88. The predicted octanol–water partition coefficient (Wildman–Crippen LogP) is 2.33. The quantitative estimate of drug-likeness (QED) is 0.749. The van der Waals surface area contributed by atoms with Gasteiger partial charge in [-0.2, -0.15) is 0 Å². The van der Waals surface area contributed by atoms with Crippen LogP contribution in [0.4, 0.5) is 0 Å². The summed E-state index contributed by atoms with van der Waals surface area (Å²) in [6.07, 6.45) is 2.98. The van der Waals surface area contributed by atoms with Crippen LogP contribution < -0.4 is 0 Å². The first-order valence-electron chi connectivity index (χ1n) is 6.97. The minimum Gasteiger partial charge on any atom is -0.419 e. The van der Waals surface area contributed by atoms with Crippen molar-refractivity contribution in [3.05, 3.63) is 36.2 Å². The molecule has 108 valence electrons. The average Bonchev–Trinajstić information content (AvgIpc) is 2.93. The Kier molecular flexibility index (Phi) is 5.70. The summed E-state index contributed by atoms with van der Waals surface area (Å²) in [5, 5.41) is 16.9. The Morgan fingerprint density at radius 1 is 1.10 bits per heavy atom. The zero-order valence-corrected chi connectivity index (χ0v) is 11.8. The van der Waals surface area contributed by atoms with Crippen molar-refractivity contribution >= 4 is 0 Å². The lowest BCUT2D eigenvalue weighted by molar-refractivity contribution is 0.262. The van der Waals surface area contributed by atoms with E-state index in [9.17, 15) is 0 Å². The molecular weight excluding hydrogens is 254 g/mol. The van der Waals surface area contributed by atoms with Crippen LogP contribution in [0.5, 0.6) is 0 Å². The molecule has 20 heavy (non-hydrogen) atoms. The van der Waals surface area contributed by atoms with Crippen molar-refractivity contribution < 1.29 is 9.52 Å². The van der Waals surface area contributed by atoms with Crippen LogP contribution in [0.25, 0.3) is 11.5 Å². The second-order valence-electron chi connectivity index (χ2n) is 4.89. The summed E-state index contributed by atoms with van der Waals surface area (Å²) in [5.41, 5.74) is 0.942. The summed E-state index contributed by atoms with van der Waals surface area (Å²) in [5.74, 6) is 1.20. The van der Waals surface area contributed by atoms with Gasteiger partial charge in [-0.25, -0.2) is 0 Å². The van der Waals surface area contributed by atoms with Crippen LogP contribution in [0.1, 0.15) is 25.2 Å². The normalized spacial score (nSPS) is 11.2. The van der Waals surface area contributed by atoms with Gasteiger partial charge >= 0.3 is 0 Å². The number of hydrogen-bond donors (Lipinski definition) is 1. The van der Waals surface area contributed by atoms with Crippen LogP contribution in [-0.2, 0) is 6.54 Å². The number of hydrogen-bond acceptors (Lipinski definition) is 5. The van der Waals surface area contributed by atoms with E-state index in [0.717, 1.165) is 31.4 Å². The van der Waals surface area contributed by atoms with E-state index in [1.54, 1.807) is 0 Å². The van der Waals surface area contributed by atoms with Crippen LogP contribution >= 0.6 is 0 Å². The topological polar surface area (TPSA) is 62.4 Å². The number of aliphatic hydroxyl groups excluding tert-OH is 1. The number of unbranched alkanes of at least 4 members (excludes halogenated alkanes) is 2. The molecule has 0 saturated carbocycles. The van der Waals surface area contributed by atoms with Gasteiger partial charge in [-0.15, -0.1) is 10.2 Å². The number of benzene rings is 1. The molecular formula is C15H21N3O2. The fraction of sp³-hybridized carbons (Fsp3) is 0.467. The molecule has 0 atom stereocenters. The molecule has 0 radical (unpaired) electrons. The van der Waals surface area contributed by atoms with Crippen molar-refractivity contribution in [3.63, 3.8) is 0 Å². The first-order chi connectivity index (χ1) is 9.79. The van der Waals surface area contributed by atoms with Crippen molar-refractivity contribution in [2.75, 3.05) is 20.2 Å². The minimum atomic E-state index is 0.272. The van der Waals surface area contributed by atoms with Gasteiger partial charge < -0.3 is 9.52 Å². The van der Waals surface area contributed by atoms with Gasteiger partial charge in [0.1, 0.15) is 0 Å². The fourth-order valence-electron chi connectivity index (χ4n) is 2.00. The maximum Gasteiger partial charge on any atom is 0.247 e. The highest BCUT2D eigenvalue weighted by atomic mass is 16.4. The molecule has 1 N–H and O–H groups in total. The molecule has 1 aromatic carbocycles. The second kappa shape index (κ2) is 7.77. The van der Waals surface area contributed by atoms with Crippen LogP contribution in [-0.4, -0.2) is 40.4 Å². The number of rotatable bonds is 8. The Bertz CT molecular complexity index is 499. The average molecular weight is 275 g/mol. The minimum absolute atomic E-state index is 0.272. The highest BCUT2D eigenvalue weighted by Gasteiger charge is 2.09. The smallest absolute Gasteiger partial charge is 0.247 e. The predicted molar refractivity (Wildman–Crippen MR) is 77.0 cm³/mol. The van der Waals surface area contributed by atoms with Gasteiger partial charge in [-0.1, -0.05) is 18.2 Å². The molecule has 0 spiro atoms. The Morgan fingerprint density at radius 2 is 1.90 bits per heavy atom. The maximum absolute atomic E-state index is 8.73. The van der Waals surface area contributed by atoms with Crippen molar-refractivity contribution in [3.8, 4) is 11.5 Å². The maximum atomic E-state index is 8.73. The Labute approximate surface area is 119 Å². The lowest BCUT2D eigenvalue weighted by atomic mass is 10.2. The Balaban J connectivity index is 1.83. The molecule has 2 aromatic rings. The Hall–Kier alpha value is -1.72. The van der Waals surface area contributed by atoms with Crippen LogP contribution in [0, 0.1) is 0 Å². The molecule has 0 unspecified atom stereocenters. The molecule has 5 heteroatoms. The number of aromatic nitrogens is 2. The molecule has 0 saturated heterocycles. The van der Waals surface area contributed by atoms with Gasteiger partial charge in [-0.3, -0.25) is 4.90 Å². The monoisotopic (exact) mass is 275 g/mol. The molecule has 1 heterocycles. The van der Waals surface area contributed by atoms with Gasteiger partial charge in [0.05, 0.1) is 6.54 Å². The molecule has 2 rings (SSSR count). The van der Waals surface area contributed by atoms with Crippen molar-refractivity contribution in [1.82, 2.24) is 15.1 Å². The standard InChI is InChI=1S/C15H21N3O2/c1-18(10-6-3-7-11-19)12-14-16-17-15(20-14)13-8-4-2-5-9-13/h2,4-5,8-9,19H,3,6-7,10-12H2,1H3. The SMILES string of the molecule is CN(CCCCCO)Cc1nnc(-c2ccccc2)o1. The van der Waals surface area contributed by atoms with E-state index in [4.69, 9.17) is 9.52 Å². The van der Waals surface area contributed by atoms with Gasteiger partial charge in [0.25, 0.3) is 0 Å². The second-order valence-corrected chi connectivity index (χ2v) is 4.89. The summed E-state index contributed by atoms with van der Waals surface area (Å²) in [6, 6.07) is 9.77. The van der Waals surface area contributed by atoms with E-state index < -0.39 is 0 Å². The number of aliphatic hydroxyl groups is 1. The summed E-state index contributed by atoms with van der Waals surface area (Å²) >= 11 is 0. The molecule has 5 nitrogen and oxygen atoms in total. The van der Waals surface area contributed by atoms with E-state index in [1.165, 1.54) is 0 Å². The van der Waals surface area contributed by atoms with Gasteiger partial charge in [0.15, 0.2) is 0 Å². The van der Waals surface area contributed by atoms with E-state index >= 15 is 0 Å².